The highest BCUT2D eigenvalue weighted by Crippen LogP contribution is 2.09. The number of carbonyl (C=O) groups excluding carboxylic acids is 4. The van der Waals surface area contributed by atoms with Gasteiger partial charge in [-0.05, 0) is 48.0 Å². The number of ether oxygens (including phenoxy) is 2. The second-order valence-corrected chi connectivity index (χ2v) is 9.53. The molecule has 0 heterocycles. The standard InChI is InChI=1S/C21H40N4O6/c1-10-11-15(23-17(27)14-25(9)19(29)31-21(5,6)7)12-22-16(26)13-24(8)18(28)30-20(2,3)4/h15H,10-14H2,1-9H3,(H,22,26)(H,23,27). The van der Waals surface area contributed by atoms with E-state index in [0.717, 1.165) is 6.42 Å². The molecule has 0 aromatic rings. The second kappa shape index (κ2) is 12.4. The van der Waals surface area contributed by atoms with E-state index >= 15 is 0 Å². The molecule has 0 aliphatic heterocycles. The summed E-state index contributed by atoms with van der Waals surface area (Å²) in [7, 11) is 2.96. The first kappa shape index (κ1) is 28.5. The van der Waals surface area contributed by atoms with E-state index < -0.39 is 23.4 Å². The van der Waals surface area contributed by atoms with Crippen molar-refractivity contribution in [3.05, 3.63) is 0 Å². The molecular formula is C21H40N4O6. The van der Waals surface area contributed by atoms with Gasteiger partial charge in [0.1, 0.15) is 24.3 Å². The third kappa shape index (κ3) is 14.2. The van der Waals surface area contributed by atoms with Gasteiger partial charge >= 0.3 is 12.2 Å². The van der Waals surface area contributed by atoms with Crippen molar-refractivity contribution in [2.45, 2.75) is 78.6 Å². The van der Waals surface area contributed by atoms with Crippen LogP contribution >= 0.6 is 0 Å². The highest BCUT2D eigenvalue weighted by Gasteiger charge is 2.23. The molecule has 0 aliphatic carbocycles. The Labute approximate surface area is 186 Å². The van der Waals surface area contributed by atoms with Gasteiger partial charge in [0, 0.05) is 26.7 Å². The zero-order valence-corrected chi connectivity index (χ0v) is 20.5. The van der Waals surface area contributed by atoms with Gasteiger partial charge in [0.05, 0.1) is 0 Å². The minimum atomic E-state index is -0.649. The summed E-state index contributed by atoms with van der Waals surface area (Å²) < 4.78 is 10.4. The lowest BCUT2D eigenvalue weighted by molar-refractivity contribution is -0.124. The van der Waals surface area contributed by atoms with E-state index in [0.29, 0.717) is 6.42 Å². The van der Waals surface area contributed by atoms with Gasteiger partial charge in [-0.1, -0.05) is 13.3 Å². The molecule has 1 atom stereocenters. The first-order valence-electron chi connectivity index (χ1n) is 10.5. The first-order valence-corrected chi connectivity index (χ1v) is 10.5. The zero-order chi connectivity index (χ0) is 24.4. The van der Waals surface area contributed by atoms with Crippen LogP contribution in [0.3, 0.4) is 0 Å². The van der Waals surface area contributed by atoms with E-state index in [2.05, 4.69) is 10.6 Å². The third-order valence-electron chi connectivity index (χ3n) is 3.72. The summed E-state index contributed by atoms with van der Waals surface area (Å²) in [5.41, 5.74) is -1.30. The van der Waals surface area contributed by atoms with E-state index in [4.69, 9.17) is 9.47 Å². The van der Waals surface area contributed by atoms with Crippen molar-refractivity contribution in [3.63, 3.8) is 0 Å². The number of hydrogen-bond acceptors (Lipinski definition) is 6. The van der Waals surface area contributed by atoms with E-state index in [-0.39, 0.29) is 37.5 Å². The lowest BCUT2D eigenvalue weighted by Gasteiger charge is -2.26. The largest absolute Gasteiger partial charge is 0.444 e. The van der Waals surface area contributed by atoms with Crippen molar-refractivity contribution < 1.29 is 28.7 Å². The molecule has 2 N–H and O–H groups in total. The fraction of sp³-hybridized carbons (Fsp3) is 0.810. The minimum Gasteiger partial charge on any atom is -0.444 e. The van der Waals surface area contributed by atoms with Crippen molar-refractivity contribution >= 4 is 24.0 Å². The Kier molecular flexibility index (Phi) is 11.4. The number of rotatable bonds is 9. The molecule has 180 valence electrons. The lowest BCUT2D eigenvalue weighted by atomic mass is 10.1. The summed E-state index contributed by atoms with van der Waals surface area (Å²) in [5.74, 6) is -0.721. The molecule has 4 amide bonds. The second-order valence-electron chi connectivity index (χ2n) is 9.53. The molecule has 0 saturated carbocycles. The van der Waals surface area contributed by atoms with Crippen molar-refractivity contribution in [1.82, 2.24) is 20.4 Å². The van der Waals surface area contributed by atoms with Crippen molar-refractivity contribution in [2.24, 2.45) is 0 Å². The van der Waals surface area contributed by atoms with Crippen LogP contribution in [0.15, 0.2) is 0 Å². The van der Waals surface area contributed by atoms with Gasteiger partial charge in [0.2, 0.25) is 11.8 Å². The van der Waals surface area contributed by atoms with Crippen LogP contribution in [0.2, 0.25) is 0 Å². The maximum Gasteiger partial charge on any atom is 0.410 e. The molecular weight excluding hydrogens is 404 g/mol. The summed E-state index contributed by atoms with van der Waals surface area (Å²) in [6.07, 6.45) is 0.254. The van der Waals surface area contributed by atoms with Crippen LogP contribution in [0.1, 0.15) is 61.3 Å². The lowest BCUT2D eigenvalue weighted by Crippen LogP contribution is -2.49. The highest BCUT2D eigenvalue weighted by molar-refractivity contribution is 5.83. The average Bonchev–Trinajstić information content (AvgIpc) is 2.56. The molecule has 0 aliphatic rings. The molecule has 0 aromatic carbocycles. The van der Waals surface area contributed by atoms with Gasteiger partial charge < -0.3 is 29.9 Å². The summed E-state index contributed by atoms with van der Waals surface area (Å²) in [4.78, 5) is 50.8. The van der Waals surface area contributed by atoms with Gasteiger partial charge in [-0.25, -0.2) is 9.59 Å². The predicted molar refractivity (Wildman–Crippen MR) is 118 cm³/mol. The highest BCUT2D eigenvalue weighted by atomic mass is 16.6. The van der Waals surface area contributed by atoms with Crippen LogP contribution in [0.5, 0.6) is 0 Å². The fourth-order valence-corrected chi connectivity index (χ4v) is 2.38. The smallest absolute Gasteiger partial charge is 0.410 e. The Hall–Kier alpha value is -2.52. The topological polar surface area (TPSA) is 117 Å². The average molecular weight is 445 g/mol. The van der Waals surface area contributed by atoms with Gasteiger partial charge in [0.15, 0.2) is 0 Å². The van der Waals surface area contributed by atoms with Crippen molar-refractivity contribution in [1.29, 1.82) is 0 Å². The van der Waals surface area contributed by atoms with Crippen LogP contribution in [-0.2, 0) is 19.1 Å². The van der Waals surface area contributed by atoms with Gasteiger partial charge in [-0.15, -0.1) is 0 Å². The predicted octanol–water partition coefficient (Wildman–Crippen LogP) is 2.12. The van der Waals surface area contributed by atoms with Crippen LogP contribution in [-0.4, -0.2) is 84.8 Å². The SMILES string of the molecule is CCCC(CNC(=O)CN(C)C(=O)OC(C)(C)C)NC(=O)CN(C)C(=O)OC(C)(C)C. The minimum absolute atomic E-state index is 0.162. The number of hydrogen-bond donors (Lipinski definition) is 2. The Morgan fingerprint density at radius 2 is 1.23 bits per heavy atom. The summed E-state index contributed by atoms with van der Waals surface area (Å²) >= 11 is 0. The first-order chi connectivity index (χ1) is 14.0. The Morgan fingerprint density at radius 1 is 0.806 bits per heavy atom. The van der Waals surface area contributed by atoms with E-state index in [9.17, 15) is 19.2 Å². The van der Waals surface area contributed by atoms with Crippen LogP contribution in [0.25, 0.3) is 0 Å². The summed E-state index contributed by atoms with van der Waals surface area (Å²) in [6.45, 7) is 12.3. The molecule has 10 nitrogen and oxygen atoms in total. The van der Waals surface area contributed by atoms with E-state index in [1.807, 2.05) is 6.92 Å². The number of amides is 4. The molecule has 0 spiro atoms. The van der Waals surface area contributed by atoms with Gasteiger partial charge in [-0.2, -0.15) is 0 Å². The Balaban J connectivity index is 4.59. The molecule has 0 rings (SSSR count). The van der Waals surface area contributed by atoms with Crippen molar-refractivity contribution in [3.8, 4) is 0 Å². The molecule has 1 unspecified atom stereocenters. The molecule has 0 saturated heterocycles. The normalized spacial score (nSPS) is 12.4. The van der Waals surface area contributed by atoms with E-state index in [1.54, 1.807) is 41.5 Å². The van der Waals surface area contributed by atoms with Crippen LogP contribution in [0.4, 0.5) is 9.59 Å². The van der Waals surface area contributed by atoms with Gasteiger partial charge in [-0.3, -0.25) is 9.59 Å². The fourth-order valence-electron chi connectivity index (χ4n) is 2.38. The molecule has 10 heteroatoms. The third-order valence-corrected chi connectivity index (χ3v) is 3.72. The quantitative estimate of drug-likeness (QED) is 0.563. The van der Waals surface area contributed by atoms with Crippen molar-refractivity contribution in [2.75, 3.05) is 33.7 Å². The number of likely N-dealkylation sites (N-methyl/N-ethyl adjacent to an activating group) is 2. The summed E-state index contributed by atoms with van der Waals surface area (Å²) in [5, 5.41) is 5.54. The number of nitrogens with one attached hydrogen (secondary N) is 2. The van der Waals surface area contributed by atoms with E-state index in [1.165, 1.54) is 23.9 Å². The Morgan fingerprint density at radius 3 is 1.61 bits per heavy atom. The molecule has 31 heavy (non-hydrogen) atoms. The number of nitrogens with zero attached hydrogens (tertiary/aromatic N) is 2. The molecule has 0 bridgehead atoms. The molecule has 0 radical (unpaired) electrons. The van der Waals surface area contributed by atoms with Gasteiger partial charge in [0.25, 0.3) is 0 Å². The maximum atomic E-state index is 12.3. The van der Waals surface area contributed by atoms with Crippen LogP contribution in [0, 0.1) is 0 Å². The van der Waals surface area contributed by atoms with Crippen LogP contribution < -0.4 is 10.6 Å². The zero-order valence-electron chi connectivity index (χ0n) is 20.5. The molecule has 0 fully saturated rings. The Bertz CT molecular complexity index is 624. The maximum absolute atomic E-state index is 12.3. The number of carbonyl (C=O) groups is 4. The molecule has 0 aromatic heterocycles. The summed E-state index contributed by atoms with van der Waals surface area (Å²) in [6, 6.07) is -0.305. The monoisotopic (exact) mass is 444 g/mol.